The molecular formula is C16H17NO2. The summed E-state index contributed by atoms with van der Waals surface area (Å²) in [5.41, 5.74) is 2.81. The molecule has 0 bridgehead atoms. The van der Waals surface area contributed by atoms with Gasteiger partial charge in [0, 0.05) is 6.54 Å². The van der Waals surface area contributed by atoms with E-state index in [9.17, 15) is 4.79 Å². The number of likely N-dealkylation sites (tertiary alicyclic amines) is 1. The van der Waals surface area contributed by atoms with Crippen LogP contribution in [-0.2, 0) is 0 Å². The Labute approximate surface area is 112 Å². The molecule has 1 fully saturated rings. The molecule has 1 aliphatic heterocycles. The molecule has 0 saturated carbocycles. The van der Waals surface area contributed by atoms with Crippen LogP contribution in [0.2, 0.25) is 0 Å². The highest BCUT2D eigenvalue weighted by atomic mass is 16.3. The molecule has 1 aromatic heterocycles. The van der Waals surface area contributed by atoms with Gasteiger partial charge in [-0.2, -0.15) is 0 Å². The Morgan fingerprint density at radius 1 is 1.26 bits per heavy atom. The number of benzene rings is 1. The van der Waals surface area contributed by atoms with Crippen molar-refractivity contribution in [2.45, 2.75) is 25.8 Å². The van der Waals surface area contributed by atoms with Crippen molar-refractivity contribution in [2.24, 2.45) is 0 Å². The number of hydrogen-bond donors (Lipinski definition) is 0. The van der Waals surface area contributed by atoms with Crippen molar-refractivity contribution in [3.05, 3.63) is 59.5 Å². The van der Waals surface area contributed by atoms with Crippen LogP contribution in [0, 0.1) is 6.92 Å². The summed E-state index contributed by atoms with van der Waals surface area (Å²) < 4.78 is 5.12. The minimum absolute atomic E-state index is 0.0811. The van der Waals surface area contributed by atoms with E-state index < -0.39 is 0 Å². The zero-order valence-corrected chi connectivity index (χ0v) is 11.0. The number of furan rings is 1. The van der Waals surface area contributed by atoms with Gasteiger partial charge in [0.05, 0.1) is 17.9 Å². The second-order valence-electron chi connectivity index (χ2n) is 5.04. The maximum absolute atomic E-state index is 12.6. The quantitative estimate of drug-likeness (QED) is 0.822. The Morgan fingerprint density at radius 2 is 2.05 bits per heavy atom. The molecule has 0 N–H and O–H groups in total. The highest BCUT2D eigenvalue weighted by Gasteiger charge is 2.31. The summed E-state index contributed by atoms with van der Waals surface area (Å²) in [5.74, 6) is 0.0811. The van der Waals surface area contributed by atoms with Crippen LogP contribution in [0.1, 0.15) is 40.4 Å². The van der Waals surface area contributed by atoms with Gasteiger partial charge in [0.25, 0.3) is 5.91 Å². The summed E-state index contributed by atoms with van der Waals surface area (Å²) in [6, 6.07) is 10.4. The molecule has 1 amide bonds. The molecular weight excluding hydrogens is 238 g/mol. The Morgan fingerprint density at radius 3 is 2.74 bits per heavy atom. The lowest BCUT2D eigenvalue weighted by Gasteiger charge is -2.25. The zero-order chi connectivity index (χ0) is 13.2. The van der Waals surface area contributed by atoms with Gasteiger partial charge >= 0.3 is 0 Å². The Kier molecular flexibility index (Phi) is 3.11. The molecule has 3 nitrogen and oxygen atoms in total. The maximum Gasteiger partial charge on any atom is 0.257 e. The van der Waals surface area contributed by atoms with Crippen LogP contribution in [0.3, 0.4) is 0 Å². The predicted octanol–water partition coefficient (Wildman–Crippen LogP) is 3.57. The fourth-order valence-electron chi connectivity index (χ4n) is 2.77. The molecule has 0 spiro atoms. The highest BCUT2D eigenvalue weighted by Crippen LogP contribution is 2.33. The number of nitrogens with zero attached hydrogens (tertiary/aromatic N) is 1. The van der Waals surface area contributed by atoms with Crippen LogP contribution in [0.4, 0.5) is 0 Å². The zero-order valence-electron chi connectivity index (χ0n) is 11.0. The van der Waals surface area contributed by atoms with Gasteiger partial charge in [-0.25, -0.2) is 0 Å². The number of rotatable bonds is 2. The van der Waals surface area contributed by atoms with E-state index in [1.54, 1.807) is 12.5 Å². The predicted molar refractivity (Wildman–Crippen MR) is 72.9 cm³/mol. The average Bonchev–Trinajstić information content (AvgIpc) is 3.07. The molecule has 1 aliphatic rings. The molecule has 98 valence electrons. The van der Waals surface area contributed by atoms with E-state index in [1.807, 2.05) is 30.0 Å². The van der Waals surface area contributed by atoms with Gasteiger partial charge in [-0.3, -0.25) is 4.79 Å². The van der Waals surface area contributed by atoms with Crippen molar-refractivity contribution in [1.29, 1.82) is 0 Å². The van der Waals surface area contributed by atoms with Crippen molar-refractivity contribution < 1.29 is 9.21 Å². The molecule has 1 atom stereocenters. The summed E-state index contributed by atoms with van der Waals surface area (Å²) >= 11 is 0. The molecule has 1 unspecified atom stereocenters. The summed E-state index contributed by atoms with van der Waals surface area (Å²) in [4.78, 5) is 14.5. The fraction of sp³-hybridized carbons (Fsp3) is 0.312. The standard InChI is InChI=1S/C16H17NO2/c1-12-10-19-11-14(12)16(18)17-9-5-8-15(17)13-6-3-2-4-7-13/h2-4,6-7,10-11,15H,5,8-9H2,1H3. The monoisotopic (exact) mass is 255 g/mol. The SMILES string of the molecule is Cc1cocc1C(=O)N1CCCC1c1ccccc1. The summed E-state index contributed by atoms with van der Waals surface area (Å²) in [6.45, 7) is 2.73. The molecule has 2 heterocycles. The highest BCUT2D eigenvalue weighted by molar-refractivity contribution is 5.95. The Bertz CT molecular complexity index is 573. The van der Waals surface area contributed by atoms with E-state index in [4.69, 9.17) is 4.42 Å². The second kappa shape index (κ2) is 4.92. The molecule has 0 radical (unpaired) electrons. The van der Waals surface area contributed by atoms with Gasteiger partial charge in [-0.1, -0.05) is 30.3 Å². The first kappa shape index (κ1) is 12.0. The molecule has 1 saturated heterocycles. The summed E-state index contributed by atoms with van der Waals surface area (Å²) in [7, 11) is 0. The minimum Gasteiger partial charge on any atom is -0.471 e. The fourth-order valence-corrected chi connectivity index (χ4v) is 2.77. The molecule has 2 aromatic rings. The maximum atomic E-state index is 12.6. The lowest BCUT2D eigenvalue weighted by molar-refractivity contribution is 0.0734. The van der Waals surface area contributed by atoms with Crippen LogP contribution in [0.15, 0.2) is 47.3 Å². The van der Waals surface area contributed by atoms with E-state index in [-0.39, 0.29) is 11.9 Å². The van der Waals surface area contributed by atoms with E-state index >= 15 is 0 Å². The number of carbonyl (C=O) groups excluding carboxylic acids is 1. The molecule has 3 rings (SSSR count). The van der Waals surface area contributed by atoms with E-state index in [2.05, 4.69) is 12.1 Å². The van der Waals surface area contributed by atoms with Crippen molar-refractivity contribution in [3.8, 4) is 0 Å². The van der Waals surface area contributed by atoms with Gasteiger partial charge < -0.3 is 9.32 Å². The second-order valence-corrected chi connectivity index (χ2v) is 5.04. The number of hydrogen-bond acceptors (Lipinski definition) is 2. The van der Waals surface area contributed by atoms with Gasteiger partial charge in [-0.05, 0) is 30.9 Å². The van der Waals surface area contributed by atoms with Crippen LogP contribution in [-0.4, -0.2) is 17.4 Å². The van der Waals surface area contributed by atoms with Gasteiger partial charge in [0.15, 0.2) is 0 Å². The van der Waals surface area contributed by atoms with Crippen LogP contribution in [0.5, 0.6) is 0 Å². The summed E-state index contributed by atoms with van der Waals surface area (Å²) in [6.07, 6.45) is 5.27. The van der Waals surface area contributed by atoms with Crippen LogP contribution >= 0.6 is 0 Å². The Hall–Kier alpha value is -2.03. The van der Waals surface area contributed by atoms with Gasteiger partial charge in [0.2, 0.25) is 0 Å². The number of aryl methyl sites for hydroxylation is 1. The van der Waals surface area contributed by atoms with E-state index in [0.29, 0.717) is 5.56 Å². The molecule has 19 heavy (non-hydrogen) atoms. The topological polar surface area (TPSA) is 33.5 Å². The average molecular weight is 255 g/mol. The van der Waals surface area contributed by atoms with Crippen molar-refractivity contribution >= 4 is 5.91 Å². The molecule has 0 aliphatic carbocycles. The first-order valence-corrected chi connectivity index (χ1v) is 6.66. The van der Waals surface area contributed by atoms with E-state index in [0.717, 1.165) is 24.9 Å². The third kappa shape index (κ3) is 2.16. The number of carbonyl (C=O) groups is 1. The van der Waals surface area contributed by atoms with Crippen molar-refractivity contribution in [2.75, 3.05) is 6.54 Å². The smallest absolute Gasteiger partial charge is 0.257 e. The third-order valence-corrected chi connectivity index (χ3v) is 3.78. The first-order valence-electron chi connectivity index (χ1n) is 6.66. The lowest BCUT2D eigenvalue weighted by atomic mass is 10.0. The van der Waals surface area contributed by atoms with E-state index in [1.165, 1.54) is 5.56 Å². The van der Waals surface area contributed by atoms with Crippen LogP contribution < -0.4 is 0 Å². The van der Waals surface area contributed by atoms with Crippen LogP contribution in [0.25, 0.3) is 0 Å². The number of amides is 1. The molecule has 3 heteroatoms. The normalized spacial score (nSPS) is 18.8. The third-order valence-electron chi connectivity index (χ3n) is 3.78. The van der Waals surface area contributed by atoms with Gasteiger partial charge in [0.1, 0.15) is 6.26 Å². The largest absolute Gasteiger partial charge is 0.471 e. The van der Waals surface area contributed by atoms with Crippen molar-refractivity contribution in [3.63, 3.8) is 0 Å². The molecule has 1 aromatic carbocycles. The van der Waals surface area contributed by atoms with Crippen molar-refractivity contribution in [1.82, 2.24) is 4.90 Å². The first-order chi connectivity index (χ1) is 9.27. The Balaban J connectivity index is 1.88. The van der Waals surface area contributed by atoms with Gasteiger partial charge in [-0.15, -0.1) is 0 Å². The minimum atomic E-state index is 0.0811. The summed E-state index contributed by atoms with van der Waals surface area (Å²) in [5, 5.41) is 0. The lowest BCUT2D eigenvalue weighted by Crippen LogP contribution is -2.30.